The first-order valence-corrected chi connectivity index (χ1v) is 10.3. The number of nitrogens with two attached hydrogens (primary N) is 1. The molecule has 2 atom stereocenters. The van der Waals surface area contributed by atoms with Gasteiger partial charge in [-0.05, 0) is 62.4 Å². The lowest BCUT2D eigenvalue weighted by molar-refractivity contribution is 0.0743. The van der Waals surface area contributed by atoms with Crippen molar-refractivity contribution in [3.05, 3.63) is 29.3 Å². The van der Waals surface area contributed by atoms with Gasteiger partial charge in [0.25, 0.3) is 5.91 Å². The van der Waals surface area contributed by atoms with E-state index in [-0.39, 0.29) is 24.4 Å². The molecule has 1 fully saturated rings. The molecule has 6 nitrogen and oxygen atoms in total. The highest BCUT2D eigenvalue weighted by Gasteiger charge is 2.33. The van der Waals surface area contributed by atoms with E-state index in [1.807, 2.05) is 11.0 Å². The van der Waals surface area contributed by atoms with Crippen LogP contribution in [-0.2, 0) is 16.4 Å². The Kier molecular flexibility index (Phi) is 6.01. The van der Waals surface area contributed by atoms with Gasteiger partial charge in [0.15, 0.2) is 0 Å². The van der Waals surface area contributed by atoms with E-state index < -0.39 is 10.0 Å². The third-order valence-electron chi connectivity index (χ3n) is 5.06. The molecular weight excluding hydrogens is 362 g/mol. The zero-order chi connectivity index (χ0) is 17.5. The van der Waals surface area contributed by atoms with Crippen LogP contribution >= 0.6 is 12.4 Å². The van der Waals surface area contributed by atoms with Crippen molar-refractivity contribution >= 4 is 34.0 Å². The average Bonchev–Trinajstić information content (AvgIpc) is 2.93. The lowest BCUT2D eigenvalue weighted by Crippen LogP contribution is -2.36. The van der Waals surface area contributed by atoms with Crippen LogP contribution < -0.4 is 10.0 Å². The number of rotatable bonds is 3. The molecule has 2 heterocycles. The van der Waals surface area contributed by atoms with Gasteiger partial charge in [0.05, 0.1) is 11.9 Å². The second-order valence-electron chi connectivity index (χ2n) is 6.93. The molecule has 1 aromatic rings. The summed E-state index contributed by atoms with van der Waals surface area (Å²) in [5.41, 5.74) is 8.01. The van der Waals surface area contributed by atoms with Crippen molar-refractivity contribution in [2.24, 2.45) is 11.7 Å². The molecule has 0 spiro atoms. The molecule has 1 aromatic carbocycles. The Bertz CT molecular complexity index is 754. The van der Waals surface area contributed by atoms with Crippen molar-refractivity contribution in [2.45, 2.75) is 32.2 Å². The van der Waals surface area contributed by atoms with Gasteiger partial charge >= 0.3 is 0 Å². The zero-order valence-electron chi connectivity index (χ0n) is 14.6. The van der Waals surface area contributed by atoms with Crippen LogP contribution in [0.4, 0.5) is 5.69 Å². The van der Waals surface area contributed by atoms with E-state index in [4.69, 9.17) is 5.73 Å². The monoisotopic (exact) mass is 387 g/mol. The van der Waals surface area contributed by atoms with Crippen LogP contribution in [0.5, 0.6) is 0 Å². The number of fused-ring (bicyclic) bond motifs is 1. The summed E-state index contributed by atoms with van der Waals surface area (Å²) in [6.45, 7) is 3.85. The van der Waals surface area contributed by atoms with Gasteiger partial charge in [-0.2, -0.15) is 0 Å². The van der Waals surface area contributed by atoms with Gasteiger partial charge in [0.1, 0.15) is 0 Å². The summed E-state index contributed by atoms with van der Waals surface area (Å²) < 4.78 is 25.3. The maximum atomic E-state index is 12.8. The Morgan fingerprint density at radius 1 is 1.36 bits per heavy atom. The predicted molar refractivity (Wildman–Crippen MR) is 102 cm³/mol. The van der Waals surface area contributed by atoms with Crippen molar-refractivity contribution < 1.29 is 13.2 Å². The first kappa shape index (κ1) is 20.0. The summed E-state index contributed by atoms with van der Waals surface area (Å²) in [5, 5.41) is 0. The standard InChI is InChI=1S/C17H25N3O3S.ClH/c1-12-8-13(10-18)11-19(12)17(21)15-5-6-16-14(9-15)4-3-7-20(16)24(2,22)23;/h5-6,9,12-13H,3-4,7-8,10-11,18H2,1-2H3;1H. The number of nitrogens with zero attached hydrogens (tertiary/aromatic N) is 2. The van der Waals surface area contributed by atoms with Gasteiger partial charge in [-0.25, -0.2) is 8.42 Å². The van der Waals surface area contributed by atoms with Crippen molar-refractivity contribution in [2.75, 3.05) is 30.2 Å². The summed E-state index contributed by atoms with van der Waals surface area (Å²) in [4.78, 5) is 14.7. The van der Waals surface area contributed by atoms with Crippen molar-refractivity contribution in [1.29, 1.82) is 0 Å². The molecule has 140 valence electrons. The van der Waals surface area contributed by atoms with Crippen LogP contribution in [0.1, 0.15) is 35.7 Å². The average molecular weight is 388 g/mol. The molecule has 0 radical (unpaired) electrons. The lowest BCUT2D eigenvalue weighted by Gasteiger charge is -2.30. The maximum absolute atomic E-state index is 12.8. The van der Waals surface area contributed by atoms with Crippen molar-refractivity contribution in [3.63, 3.8) is 0 Å². The van der Waals surface area contributed by atoms with E-state index in [2.05, 4.69) is 6.92 Å². The van der Waals surface area contributed by atoms with E-state index in [9.17, 15) is 13.2 Å². The molecule has 3 rings (SSSR count). The minimum Gasteiger partial charge on any atom is -0.336 e. The molecule has 2 aliphatic heterocycles. The third-order valence-corrected chi connectivity index (χ3v) is 6.24. The molecule has 2 aliphatic rings. The van der Waals surface area contributed by atoms with E-state index in [1.54, 1.807) is 12.1 Å². The Morgan fingerprint density at radius 3 is 2.68 bits per heavy atom. The molecule has 8 heteroatoms. The Hall–Kier alpha value is -1.31. The molecule has 1 saturated heterocycles. The van der Waals surface area contributed by atoms with E-state index in [0.717, 1.165) is 24.8 Å². The molecule has 25 heavy (non-hydrogen) atoms. The number of benzene rings is 1. The van der Waals surface area contributed by atoms with Crippen LogP contribution in [0, 0.1) is 5.92 Å². The quantitative estimate of drug-likeness (QED) is 0.854. The highest BCUT2D eigenvalue weighted by atomic mass is 35.5. The normalized spacial score (nSPS) is 23.2. The molecule has 0 aromatic heterocycles. The first-order valence-electron chi connectivity index (χ1n) is 8.43. The summed E-state index contributed by atoms with van der Waals surface area (Å²) in [5.74, 6) is 0.375. The highest BCUT2D eigenvalue weighted by molar-refractivity contribution is 7.92. The van der Waals surface area contributed by atoms with Crippen LogP contribution in [-0.4, -0.2) is 51.2 Å². The number of carbonyl (C=O) groups excluding carboxylic acids is 1. The van der Waals surface area contributed by atoms with Gasteiger partial charge < -0.3 is 10.6 Å². The number of hydrogen-bond donors (Lipinski definition) is 1. The Balaban J connectivity index is 0.00000225. The topological polar surface area (TPSA) is 83.7 Å². The van der Waals surface area contributed by atoms with Crippen LogP contribution in [0.2, 0.25) is 0 Å². The molecule has 0 saturated carbocycles. The summed E-state index contributed by atoms with van der Waals surface area (Å²) in [6.07, 6.45) is 3.73. The van der Waals surface area contributed by atoms with Crippen molar-refractivity contribution in [1.82, 2.24) is 4.90 Å². The second kappa shape index (κ2) is 7.51. The number of aryl methyl sites for hydroxylation is 1. The smallest absolute Gasteiger partial charge is 0.254 e. The first-order chi connectivity index (χ1) is 11.3. The molecule has 2 unspecified atom stereocenters. The zero-order valence-corrected chi connectivity index (χ0v) is 16.3. The molecule has 0 aliphatic carbocycles. The number of sulfonamides is 1. The number of carbonyl (C=O) groups is 1. The van der Waals surface area contributed by atoms with Gasteiger partial charge in [-0.3, -0.25) is 9.10 Å². The van der Waals surface area contributed by atoms with Crippen LogP contribution in [0.25, 0.3) is 0 Å². The number of anilines is 1. The number of halogens is 1. The van der Waals surface area contributed by atoms with Gasteiger partial charge in [-0.1, -0.05) is 0 Å². The summed E-state index contributed by atoms with van der Waals surface area (Å²) >= 11 is 0. The molecular formula is C17H26ClN3O3S. The predicted octanol–water partition coefficient (Wildman–Crippen LogP) is 1.63. The van der Waals surface area contributed by atoms with E-state index in [1.165, 1.54) is 10.6 Å². The van der Waals surface area contributed by atoms with E-state index in [0.29, 0.717) is 36.8 Å². The fourth-order valence-electron chi connectivity index (χ4n) is 3.80. The third kappa shape index (κ3) is 3.93. The van der Waals surface area contributed by atoms with Gasteiger partial charge in [0, 0.05) is 24.7 Å². The maximum Gasteiger partial charge on any atom is 0.254 e. The fraction of sp³-hybridized carbons (Fsp3) is 0.588. The summed E-state index contributed by atoms with van der Waals surface area (Å²) in [7, 11) is -3.28. The van der Waals surface area contributed by atoms with Crippen LogP contribution in [0.3, 0.4) is 0 Å². The van der Waals surface area contributed by atoms with Gasteiger partial charge in [-0.15, -0.1) is 12.4 Å². The number of likely N-dealkylation sites (tertiary alicyclic amines) is 1. The number of amides is 1. The van der Waals surface area contributed by atoms with Crippen LogP contribution in [0.15, 0.2) is 18.2 Å². The van der Waals surface area contributed by atoms with Crippen molar-refractivity contribution in [3.8, 4) is 0 Å². The number of hydrogen-bond acceptors (Lipinski definition) is 4. The highest BCUT2D eigenvalue weighted by Crippen LogP contribution is 2.31. The summed E-state index contributed by atoms with van der Waals surface area (Å²) in [6, 6.07) is 5.56. The minimum absolute atomic E-state index is 0. The Labute approximate surface area is 155 Å². The molecule has 0 bridgehead atoms. The second-order valence-corrected chi connectivity index (χ2v) is 8.83. The fourth-order valence-corrected chi connectivity index (χ4v) is 4.80. The Morgan fingerprint density at radius 2 is 2.08 bits per heavy atom. The molecule has 1 amide bonds. The minimum atomic E-state index is -3.28. The molecule has 2 N–H and O–H groups in total. The SMILES string of the molecule is CC1CC(CN)CN1C(=O)c1ccc2c(c1)CCCN2S(C)(=O)=O.Cl. The lowest BCUT2D eigenvalue weighted by atomic mass is 10.00. The van der Waals surface area contributed by atoms with E-state index >= 15 is 0 Å². The largest absolute Gasteiger partial charge is 0.336 e. The van der Waals surface area contributed by atoms with Gasteiger partial charge in [0.2, 0.25) is 10.0 Å².